The van der Waals surface area contributed by atoms with Gasteiger partial charge in [-0.05, 0) is 25.5 Å². The van der Waals surface area contributed by atoms with Crippen molar-refractivity contribution in [2.45, 2.75) is 33.2 Å². The number of para-hydroxylation sites is 2. The number of aromatic nitrogens is 4. The summed E-state index contributed by atoms with van der Waals surface area (Å²) >= 11 is 1.55. The number of anilines is 1. The number of thiazole rings is 1. The van der Waals surface area contributed by atoms with Gasteiger partial charge in [-0.3, -0.25) is 14.5 Å². The Morgan fingerprint density at radius 2 is 2.12 bits per heavy atom. The second-order valence-corrected chi connectivity index (χ2v) is 6.90. The van der Waals surface area contributed by atoms with Crippen molar-refractivity contribution in [2.75, 3.05) is 5.32 Å². The molecule has 1 amide bonds. The highest BCUT2D eigenvalue weighted by Crippen LogP contribution is 2.21. The molecule has 0 aliphatic carbocycles. The van der Waals surface area contributed by atoms with Crippen molar-refractivity contribution >= 4 is 39.2 Å². The number of nitrogens with one attached hydrogen (secondary N) is 1. The molecule has 0 spiro atoms. The Balaban J connectivity index is 1.60. The lowest BCUT2D eigenvalue weighted by molar-refractivity contribution is -0.115. The van der Waals surface area contributed by atoms with Gasteiger partial charge in [0.1, 0.15) is 0 Å². The van der Waals surface area contributed by atoms with E-state index in [9.17, 15) is 4.79 Å². The molecule has 0 aliphatic rings. The number of nitrogens with zero attached hydrogens (tertiary/aromatic N) is 4. The van der Waals surface area contributed by atoms with Crippen molar-refractivity contribution in [2.24, 2.45) is 0 Å². The fourth-order valence-corrected chi connectivity index (χ4v) is 3.94. The maximum Gasteiger partial charge on any atom is 0.232 e. The van der Waals surface area contributed by atoms with Gasteiger partial charge in [-0.25, -0.2) is 9.97 Å². The molecule has 0 fully saturated rings. The van der Waals surface area contributed by atoms with Gasteiger partial charge < -0.3 is 4.57 Å². The highest BCUT2D eigenvalue weighted by molar-refractivity contribution is 7.15. The van der Waals surface area contributed by atoms with Crippen LogP contribution in [0.15, 0.2) is 35.8 Å². The van der Waals surface area contributed by atoms with Crippen molar-refractivity contribution in [3.8, 4) is 0 Å². The number of rotatable bonds is 5. The van der Waals surface area contributed by atoms with Gasteiger partial charge >= 0.3 is 0 Å². The molecule has 4 rings (SSSR count). The van der Waals surface area contributed by atoms with E-state index in [4.69, 9.17) is 0 Å². The van der Waals surface area contributed by atoms with Crippen LogP contribution in [0.3, 0.4) is 0 Å². The third kappa shape index (κ3) is 2.91. The summed E-state index contributed by atoms with van der Waals surface area (Å²) in [5.74, 6) is 0.542. The minimum atomic E-state index is -0.0706. The smallest absolute Gasteiger partial charge is 0.232 e. The van der Waals surface area contributed by atoms with Crippen LogP contribution in [-0.2, 0) is 17.8 Å². The van der Waals surface area contributed by atoms with E-state index < -0.39 is 0 Å². The largest absolute Gasteiger partial charge is 0.310 e. The van der Waals surface area contributed by atoms with Gasteiger partial charge in [0.2, 0.25) is 11.9 Å². The number of hydrogen-bond acceptors (Lipinski definition) is 4. The molecule has 4 aromatic rings. The summed E-state index contributed by atoms with van der Waals surface area (Å²) in [6.07, 6.45) is 3.23. The zero-order valence-corrected chi connectivity index (χ0v) is 15.0. The summed E-state index contributed by atoms with van der Waals surface area (Å²) in [6.45, 7) is 4.89. The van der Waals surface area contributed by atoms with Gasteiger partial charge in [0.05, 0.1) is 23.1 Å². The summed E-state index contributed by atoms with van der Waals surface area (Å²) in [5.41, 5.74) is 3.84. The van der Waals surface area contributed by atoms with Crippen LogP contribution in [-0.4, -0.2) is 24.8 Å². The molecule has 0 aliphatic heterocycles. The molecule has 3 aromatic heterocycles. The first-order chi connectivity index (χ1) is 12.2. The number of carbonyl (C=O) groups excluding carboxylic acids is 1. The van der Waals surface area contributed by atoms with Gasteiger partial charge in [0.25, 0.3) is 0 Å². The average molecular weight is 353 g/mol. The molecule has 0 radical (unpaired) electrons. The third-order valence-electron chi connectivity index (χ3n) is 4.10. The molecule has 128 valence electrons. The maximum absolute atomic E-state index is 12.6. The van der Waals surface area contributed by atoms with Crippen molar-refractivity contribution in [1.29, 1.82) is 0 Å². The Hall–Kier alpha value is -2.67. The molecule has 6 nitrogen and oxygen atoms in total. The summed E-state index contributed by atoms with van der Waals surface area (Å²) in [6, 6.07) is 7.95. The van der Waals surface area contributed by atoms with Gasteiger partial charge in [-0.15, -0.1) is 11.3 Å². The normalized spacial score (nSPS) is 11.4. The minimum absolute atomic E-state index is 0.0706. The van der Waals surface area contributed by atoms with E-state index in [0.29, 0.717) is 12.4 Å². The molecule has 0 atom stereocenters. The summed E-state index contributed by atoms with van der Waals surface area (Å²) in [5, 5.41) is 4.96. The Morgan fingerprint density at radius 3 is 2.96 bits per heavy atom. The average Bonchev–Trinajstić information content (AvgIpc) is 3.23. The number of imidazole rings is 2. The molecular formula is C18H19N5OS. The van der Waals surface area contributed by atoms with Crippen molar-refractivity contribution in [1.82, 2.24) is 18.9 Å². The first-order valence-corrected chi connectivity index (χ1v) is 9.21. The van der Waals surface area contributed by atoms with Gasteiger partial charge in [0.15, 0.2) is 4.96 Å². The first-order valence-electron chi connectivity index (χ1n) is 8.33. The lowest BCUT2D eigenvalue weighted by atomic mass is 10.3. The lowest BCUT2D eigenvalue weighted by Crippen LogP contribution is -2.18. The van der Waals surface area contributed by atoms with E-state index in [2.05, 4.69) is 26.8 Å². The Morgan fingerprint density at radius 1 is 1.28 bits per heavy atom. The second-order valence-electron chi connectivity index (χ2n) is 6.06. The Kier molecular flexibility index (Phi) is 4.01. The topological polar surface area (TPSA) is 64.2 Å². The monoisotopic (exact) mass is 353 g/mol. The quantitative estimate of drug-likeness (QED) is 0.596. The molecule has 1 aromatic carbocycles. The van der Waals surface area contributed by atoms with Crippen LogP contribution in [0.25, 0.3) is 16.0 Å². The number of fused-ring (bicyclic) bond motifs is 2. The molecule has 25 heavy (non-hydrogen) atoms. The molecule has 0 bridgehead atoms. The zero-order chi connectivity index (χ0) is 17.4. The first kappa shape index (κ1) is 15.8. The second kappa shape index (κ2) is 6.33. The molecular weight excluding hydrogens is 334 g/mol. The summed E-state index contributed by atoms with van der Waals surface area (Å²) < 4.78 is 4.05. The Labute approximate surface area is 149 Å². The maximum atomic E-state index is 12.6. The van der Waals surface area contributed by atoms with E-state index in [1.807, 2.05) is 47.2 Å². The Bertz CT molecular complexity index is 1060. The SMILES string of the molecule is CCCn1c(NC(=O)Cc2csc3nc(C)cn23)nc2ccccc21. The highest BCUT2D eigenvalue weighted by atomic mass is 32.1. The van der Waals surface area contributed by atoms with Crippen LogP contribution < -0.4 is 5.32 Å². The summed E-state index contributed by atoms with van der Waals surface area (Å²) in [4.78, 5) is 22.5. The number of carbonyl (C=O) groups is 1. The molecule has 0 saturated heterocycles. The van der Waals surface area contributed by atoms with E-state index in [-0.39, 0.29) is 5.91 Å². The number of hydrogen-bond donors (Lipinski definition) is 1. The molecule has 0 unspecified atom stereocenters. The molecule has 7 heteroatoms. The molecule has 3 heterocycles. The third-order valence-corrected chi connectivity index (χ3v) is 4.99. The van der Waals surface area contributed by atoms with Crippen LogP contribution in [0.4, 0.5) is 5.95 Å². The molecule has 1 N–H and O–H groups in total. The van der Waals surface area contributed by atoms with Crippen molar-refractivity contribution < 1.29 is 4.79 Å². The molecule has 0 saturated carbocycles. The van der Waals surface area contributed by atoms with E-state index in [1.165, 1.54) is 0 Å². The van der Waals surface area contributed by atoms with Gasteiger partial charge in [-0.2, -0.15) is 0 Å². The van der Waals surface area contributed by atoms with E-state index in [1.54, 1.807) is 11.3 Å². The summed E-state index contributed by atoms with van der Waals surface area (Å²) in [7, 11) is 0. The van der Waals surface area contributed by atoms with Crippen molar-refractivity contribution in [3.63, 3.8) is 0 Å². The van der Waals surface area contributed by atoms with E-state index in [0.717, 1.165) is 40.3 Å². The van der Waals surface area contributed by atoms with Gasteiger partial charge in [-0.1, -0.05) is 19.1 Å². The van der Waals surface area contributed by atoms with Crippen LogP contribution >= 0.6 is 11.3 Å². The van der Waals surface area contributed by atoms with Crippen LogP contribution in [0.5, 0.6) is 0 Å². The zero-order valence-electron chi connectivity index (χ0n) is 14.2. The minimum Gasteiger partial charge on any atom is -0.310 e. The highest BCUT2D eigenvalue weighted by Gasteiger charge is 2.15. The number of aryl methyl sites for hydroxylation is 2. The van der Waals surface area contributed by atoms with Crippen LogP contribution in [0.2, 0.25) is 0 Å². The predicted molar refractivity (Wildman–Crippen MR) is 100 cm³/mol. The standard InChI is InChI=1S/C18H19N5OS/c1-3-8-22-15-7-5-4-6-14(15)20-17(22)21-16(24)9-13-11-25-18-19-12(2)10-23(13)18/h4-7,10-11H,3,8-9H2,1-2H3,(H,20,21,24). The lowest BCUT2D eigenvalue weighted by Gasteiger charge is -2.08. The van der Waals surface area contributed by atoms with Crippen LogP contribution in [0, 0.1) is 6.92 Å². The number of amides is 1. The fourth-order valence-electron chi connectivity index (χ4n) is 3.02. The predicted octanol–water partition coefficient (Wildman–Crippen LogP) is 3.65. The van der Waals surface area contributed by atoms with Crippen LogP contribution in [0.1, 0.15) is 24.7 Å². The van der Waals surface area contributed by atoms with Gasteiger partial charge in [0, 0.05) is 23.8 Å². The van der Waals surface area contributed by atoms with Crippen molar-refractivity contribution in [3.05, 3.63) is 47.2 Å². The number of benzene rings is 1. The fraction of sp³-hybridized carbons (Fsp3) is 0.278. The van der Waals surface area contributed by atoms with E-state index >= 15 is 0 Å².